The number of guanidine groups is 1. The molecule has 0 amide bonds. The van der Waals surface area contributed by atoms with Crippen LogP contribution < -0.4 is 10.6 Å². The molecule has 0 aliphatic rings. The number of halogens is 1. The second kappa shape index (κ2) is 9.75. The van der Waals surface area contributed by atoms with Crippen LogP contribution in [-0.4, -0.2) is 40.1 Å². The number of aliphatic imine (C=N–C) groups is 1. The van der Waals surface area contributed by atoms with Crippen molar-refractivity contribution < 1.29 is 9.52 Å². The molecule has 27 heavy (non-hydrogen) atoms. The second-order valence-electron chi connectivity index (χ2n) is 6.32. The Bertz CT molecular complexity index is 825. The summed E-state index contributed by atoms with van der Waals surface area (Å²) in [6.07, 6.45) is 6.34. The van der Waals surface area contributed by atoms with Crippen molar-refractivity contribution in [3.8, 4) is 0 Å². The monoisotopic (exact) mass is 483 g/mol. The Morgan fingerprint density at radius 2 is 2.15 bits per heavy atom. The van der Waals surface area contributed by atoms with Gasteiger partial charge in [0.05, 0.1) is 18.5 Å². The van der Waals surface area contributed by atoms with Crippen molar-refractivity contribution in [1.82, 2.24) is 20.0 Å². The predicted octanol–water partition coefficient (Wildman–Crippen LogP) is 2.55. The maximum absolute atomic E-state index is 10.5. The van der Waals surface area contributed by atoms with Crippen LogP contribution in [0.2, 0.25) is 0 Å². The molecule has 1 atom stereocenters. The maximum Gasteiger partial charge on any atom is 0.191 e. The molecule has 7 nitrogen and oxygen atoms in total. The summed E-state index contributed by atoms with van der Waals surface area (Å²) in [5.74, 6) is 1.16. The Morgan fingerprint density at radius 1 is 1.30 bits per heavy atom. The number of aromatic nitrogens is 2. The van der Waals surface area contributed by atoms with Gasteiger partial charge in [-0.05, 0) is 38.1 Å². The molecule has 0 aromatic carbocycles. The van der Waals surface area contributed by atoms with E-state index in [1.165, 1.54) is 0 Å². The third kappa shape index (κ3) is 5.70. The lowest BCUT2D eigenvalue weighted by Crippen LogP contribution is -2.39. The first-order valence-electron chi connectivity index (χ1n) is 8.79. The topological polar surface area (TPSA) is 87.1 Å². The van der Waals surface area contributed by atoms with E-state index in [1.807, 2.05) is 41.9 Å². The summed E-state index contributed by atoms with van der Waals surface area (Å²) >= 11 is 0. The first-order chi connectivity index (χ1) is 12.6. The molecule has 3 aromatic rings. The van der Waals surface area contributed by atoms with E-state index in [1.54, 1.807) is 25.3 Å². The molecular formula is C19H26IN5O2. The van der Waals surface area contributed by atoms with Crippen LogP contribution in [0.1, 0.15) is 25.3 Å². The SMILES string of the molecule is CCNC(=NCC(C)(O)c1ccco1)NCCc1cn2ccccc2n1.I. The average Bonchev–Trinajstić information content (AvgIpc) is 3.29. The van der Waals surface area contributed by atoms with E-state index in [2.05, 4.69) is 20.6 Å². The van der Waals surface area contributed by atoms with Gasteiger partial charge in [-0.15, -0.1) is 24.0 Å². The zero-order chi connectivity index (χ0) is 18.4. The largest absolute Gasteiger partial charge is 0.466 e. The number of furan rings is 1. The van der Waals surface area contributed by atoms with E-state index in [-0.39, 0.29) is 30.5 Å². The lowest BCUT2D eigenvalue weighted by molar-refractivity contribution is 0.0437. The highest BCUT2D eigenvalue weighted by Crippen LogP contribution is 2.20. The van der Waals surface area contributed by atoms with Crippen molar-refractivity contribution in [2.45, 2.75) is 25.9 Å². The number of nitrogens with one attached hydrogen (secondary N) is 2. The zero-order valence-corrected chi connectivity index (χ0v) is 17.9. The summed E-state index contributed by atoms with van der Waals surface area (Å²) < 4.78 is 7.30. The van der Waals surface area contributed by atoms with Gasteiger partial charge in [0.1, 0.15) is 17.0 Å². The summed E-state index contributed by atoms with van der Waals surface area (Å²) in [4.78, 5) is 9.06. The van der Waals surface area contributed by atoms with E-state index in [4.69, 9.17) is 4.42 Å². The quantitative estimate of drug-likeness (QED) is 0.273. The summed E-state index contributed by atoms with van der Waals surface area (Å²) in [5, 5.41) is 17.0. The van der Waals surface area contributed by atoms with Crippen molar-refractivity contribution in [1.29, 1.82) is 0 Å². The van der Waals surface area contributed by atoms with E-state index in [9.17, 15) is 5.11 Å². The van der Waals surface area contributed by atoms with Gasteiger partial charge in [0.2, 0.25) is 0 Å². The third-order valence-corrected chi connectivity index (χ3v) is 4.03. The Kier molecular flexibility index (Phi) is 7.66. The number of nitrogens with zero attached hydrogens (tertiary/aromatic N) is 3. The second-order valence-corrected chi connectivity index (χ2v) is 6.32. The smallest absolute Gasteiger partial charge is 0.191 e. The van der Waals surface area contributed by atoms with Gasteiger partial charge in [0.25, 0.3) is 0 Å². The minimum absolute atomic E-state index is 0. The van der Waals surface area contributed by atoms with Gasteiger partial charge in [0, 0.05) is 31.9 Å². The highest BCUT2D eigenvalue weighted by Gasteiger charge is 2.26. The van der Waals surface area contributed by atoms with Crippen molar-refractivity contribution in [2.75, 3.05) is 19.6 Å². The molecule has 0 radical (unpaired) electrons. The Hall–Kier alpha value is -2.07. The normalized spacial score (nSPS) is 13.8. The van der Waals surface area contributed by atoms with Gasteiger partial charge < -0.3 is 24.6 Å². The summed E-state index contributed by atoms with van der Waals surface area (Å²) in [7, 11) is 0. The molecule has 0 saturated heterocycles. The highest BCUT2D eigenvalue weighted by atomic mass is 127. The van der Waals surface area contributed by atoms with Gasteiger partial charge >= 0.3 is 0 Å². The van der Waals surface area contributed by atoms with Gasteiger partial charge in [-0.1, -0.05) is 6.07 Å². The van der Waals surface area contributed by atoms with Crippen molar-refractivity contribution in [3.05, 3.63) is 60.4 Å². The number of hydrogen-bond donors (Lipinski definition) is 3. The van der Waals surface area contributed by atoms with E-state index < -0.39 is 5.60 Å². The summed E-state index contributed by atoms with van der Waals surface area (Å²) in [6, 6.07) is 9.45. The van der Waals surface area contributed by atoms with Gasteiger partial charge in [-0.3, -0.25) is 0 Å². The minimum Gasteiger partial charge on any atom is -0.466 e. The van der Waals surface area contributed by atoms with Gasteiger partial charge in [0.15, 0.2) is 5.96 Å². The molecule has 0 fully saturated rings. The molecule has 0 saturated carbocycles. The van der Waals surface area contributed by atoms with Crippen molar-refractivity contribution in [3.63, 3.8) is 0 Å². The fraction of sp³-hybridized carbons (Fsp3) is 0.368. The van der Waals surface area contributed by atoms with Crippen molar-refractivity contribution >= 4 is 35.6 Å². The van der Waals surface area contributed by atoms with Crippen LogP contribution in [0.4, 0.5) is 0 Å². The Morgan fingerprint density at radius 3 is 2.85 bits per heavy atom. The highest BCUT2D eigenvalue weighted by molar-refractivity contribution is 14.0. The summed E-state index contributed by atoms with van der Waals surface area (Å²) in [6.45, 7) is 5.32. The van der Waals surface area contributed by atoms with Crippen LogP contribution in [0.25, 0.3) is 5.65 Å². The van der Waals surface area contributed by atoms with Crippen molar-refractivity contribution in [2.24, 2.45) is 4.99 Å². The van der Waals surface area contributed by atoms with Crippen LogP contribution in [0.15, 0.2) is 58.4 Å². The van der Waals surface area contributed by atoms with Gasteiger partial charge in [-0.25, -0.2) is 9.98 Å². The fourth-order valence-corrected chi connectivity index (χ4v) is 2.65. The Labute approximate surface area is 175 Å². The molecule has 146 valence electrons. The lowest BCUT2D eigenvalue weighted by atomic mass is 10.0. The van der Waals surface area contributed by atoms with Crippen LogP contribution in [0, 0.1) is 0 Å². The molecule has 3 aromatic heterocycles. The number of hydrogen-bond acceptors (Lipinski definition) is 4. The number of aliphatic hydroxyl groups is 1. The fourth-order valence-electron chi connectivity index (χ4n) is 2.65. The number of pyridine rings is 1. The average molecular weight is 483 g/mol. The molecule has 8 heteroatoms. The van der Waals surface area contributed by atoms with E-state index in [0.717, 1.165) is 24.3 Å². The molecule has 1 unspecified atom stereocenters. The van der Waals surface area contributed by atoms with E-state index in [0.29, 0.717) is 18.3 Å². The standard InChI is InChI=1S/C19H25N5O2.HI/c1-3-20-18(22-14-19(2,25)16-7-6-12-26-16)21-10-9-15-13-24-11-5-4-8-17(24)23-15;/h4-8,11-13,25H,3,9-10,14H2,1-2H3,(H2,20,21,22);1H. The van der Waals surface area contributed by atoms with Crippen LogP contribution in [0.5, 0.6) is 0 Å². The summed E-state index contributed by atoms with van der Waals surface area (Å²) in [5.41, 5.74) is 0.813. The molecule has 3 N–H and O–H groups in total. The van der Waals surface area contributed by atoms with Crippen LogP contribution >= 0.6 is 24.0 Å². The molecule has 0 aliphatic carbocycles. The first kappa shape index (κ1) is 21.2. The molecule has 0 bridgehead atoms. The van der Waals surface area contributed by atoms with E-state index >= 15 is 0 Å². The third-order valence-electron chi connectivity index (χ3n) is 4.03. The van der Waals surface area contributed by atoms with Crippen LogP contribution in [0.3, 0.4) is 0 Å². The van der Waals surface area contributed by atoms with Gasteiger partial charge in [-0.2, -0.15) is 0 Å². The molecule has 0 spiro atoms. The maximum atomic E-state index is 10.5. The minimum atomic E-state index is -1.15. The number of rotatable bonds is 7. The molecule has 3 heterocycles. The number of imidazole rings is 1. The number of fused-ring (bicyclic) bond motifs is 1. The zero-order valence-electron chi connectivity index (χ0n) is 15.6. The van der Waals surface area contributed by atoms with Crippen LogP contribution in [-0.2, 0) is 12.0 Å². The lowest BCUT2D eigenvalue weighted by Gasteiger charge is -2.19. The Balaban J connectivity index is 0.00000261. The molecule has 0 aliphatic heterocycles. The predicted molar refractivity (Wildman–Crippen MR) is 117 cm³/mol. The first-order valence-corrected chi connectivity index (χ1v) is 8.79. The molecule has 3 rings (SSSR count). The molecular weight excluding hydrogens is 457 g/mol.